The SMILES string of the molecule is CC[C@@H](C)NC(=O)[C@H](CC)N(Cc1ccccc1Cl)C(=O)CSCc1ccc(F)cc1. The summed E-state index contributed by atoms with van der Waals surface area (Å²) >= 11 is 7.77. The van der Waals surface area contributed by atoms with Crippen molar-refractivity contribution < 1.29 is 14.0 Å². The Balaban J connectivity index is 2.14. The lowest BCUT2D eigenvalue weighted by Gasteiger charge is -2.31. The van der Waals surface area contributed by atoms with Crippen LogP contribution in [0.2, 0.25) is 5.02 Å². The number of carbonyl (C=O) groups is 2. The van der Waals surface area contributed by atoms with Gasteiger partial charge in [-0.1, -0.05) is 55.8 Å². The summed E-state index contributed by atoms with van der Waals surface area (Å²) < 4.78 is 13.1. The maximum absolute atomic E-state index is 13.2. The van der Waals surface area contributed by atoms with Crippen molar-refractivity contribution in [1.29, 1.82) is 0 Å². The van der Waals surface area contributed by atoms with Gasteiger partial charge in [-0.2, -0.15) is 0 Å². The third-order valence-corrected chi connectivity index (χ3v) is 6.45. The van der Waals surface area contributed by atoms with Crippen LogP contribution in [0.3, 0.4) is 0 Å². The molecule has 31 heavy (non-hydrogen) atoms. The van der Waals surface area contributed by atoms with E-state index in [-0.39, 0.29) is 36.0 Å². The highest BCUT2D eigenvalue weighted by Gasteiger charge is 2.29. The van der Waals surface area contributed by atoms with Crippen LogP contribution in [0.5, 0.6) is 0 Å². The summed E-state index contributed by atoms with van der Waals surface area (Å²) in [5, 5.41) is 3.56. The quantitative estimate of drug-likeness (QED) is 0.482. The Morgan fingerprint density at radius 2 is 1.77 bits per heavy atom. The zero-order valence-corrected chi connectivity index (χ0v) is 19.8. The van der Waals surface area contributed by atoms with Gasteiger partial charge in [-0.05, 0) is 49.1 Å². The van der Waals surface area contributed by atoms with Crippen molar-refractivity contribution in [2.75, 3.05) is 5.75 Å². The first-order chi connectivity index (χ1) is 14.8. The molecule has 4 nitrogen and oxygen atoms in total. The van der Waals surface area contributed by atoms with Crippen LogP contribution in [0.25, 0.3) is 0 Å². The summed E-state index contributed by atoms with van der Waals surface area (Å²) in [6, 6.07) is 13.1. The minimum Gasteiger partial charge on any atom is -0.352 e. The Kier molecular flexibility index (Phi) is 10.3. The number of nitrogens with one attached hydrogen (secondary N) is 1. The van der Waals surface area contributed by atoms with Crippen LogP contribution in [0.15, 0.2) is 48.5 Å². The second-order valence-corrected chi connectivity index (χ2v) is 8.87. The molecule has 2 rings (SSSR count). The van der Waals surface area contributed by atoms with Gasteiger partial charge in [0.25, 0.3) is 0 Å². The molecule has 0 aromatic heterocycles. The normalized spacial score (nSPS) is 12.8. The average Bonchev–Trinajstić information content (AvgIpc) is 2.76. The molecule has 0 saturated carbocycles. The molecular formula is C24H30ClFN2O2S. The lowest BCUT2D eigenvalue weighted by molar-refractivity contribution is -0.139. The molecule has 0 spiro atoms. The number of rotatable bonds is 11. The molecule has 2 aromatic rings. The predicted molar refractivity (Wildman–Crippen MR) is 127 cm³/mol. The van der Waals surface area contributed by atoms with Crippen molar-refractivity contribution in [3.63, 3.8) is 0 Å². The first kappa shape index (κ1) is 25.2. The van der Waals surface area contributed by atoms with Crippen LogP contribution in [-0.4, -0.2) is 34.6 Å². The van der Waals surface area contributed by atoms with E-state index in [2.05, 4.69) is 5.32 Å². The topological polar surface area (TPSA) is 49.4 Å². The fourth-order valence-electron chi connectivity index (χ4n) is 3.09. The van der Waals surface area contributed by atoms with Crippen LogP contribution in [-0.2, 0) is 21.9 Å². The Morgan fingerprint density at radius 3 is 2.39 bits per heavy atom. The molecule has 0 bridgehead atoms. The number of amides is 2. The highest BCUT2D eigenvalue weighted by atomic mass is 35.5. The van der Waals surface area contributed by atoms with E-state index in [0.29, 0.717) is 17.2 Å². The van der Waals surface area contributed by atoms with Gasteiger partial charge >= 0.3 is 0 Å². The van der Waals surface area contributed by atoms with Crippen LogP contribution < -0.4 is 5.32 Å². The van der Waals surface area contributed by atoms with E-state index < -0.39 is 6.04 Å². The van der Waals surface area contributed by atoms with Gasteiger partial charge in [0.2, 0.25) is 11.8 Å². The van der Waals surface area contributed by atoms with Crippen LogP contribution in [0, 0.1) is 5.82 Å². The number of halogens is 2. The largest absolute Gasteiger partial charge is 0.352 e. The van der Waals surface area contributed by atoms with E-state index in [9.17, 15) is 14.0 Å². The van der Waals surface area contributed by atoms with E-state index in [4.69, 9.17) is 11.6 Å². The van der Waals surface area contributed by atoms with Crippen LogP contribution in [0.1, 0.15) is 44.7 Å². The monoisotopic (exact) mass is 464 g/mol. The van der Waals surface area contributed by atoms with Gasteiger partial charge in [0.05, 0.1) is 5.75 Å². The third kappa shape index (κ3) is 7.86. The highest BCUT2D eigenvalue weighted by Crippen LogP contribution is 2.21. The Bertz CT molecular complexity index is 863. The molecule has 0 saturated heterocycles. The highest BCUT2D eigenvalue weighted by molar-refractivity contribution is 7.99. The maximum atomic E-state index is 13.2. The molecule has 0 aliphatic carbocycles. The summed E-state index contributed by atoms with van der Waals surface area (Å²) in [4.78, 5) is 27.7. The van der Waals surface area contributed by atoms with Crippen molar-refractivity contribution in [1.82, 2.24) is 10.2 Å². The molecule has 0 unspecified atom stereocenters. The zero-order valence-electron chi connectivity index (χ0n) is 18.2. The van der Waals surface area contributed by atoms with Crippen molar-refractivity contribution in [2.45, 2.75) is 58.0 Å². The molecule has 0 aliphatic heterocycles. The summed E-state index contributed by atoms with van der Waals surface area (Å²) in [6.45, 7) is 6.12. The molecule has 0 radical (unpaired) electrons. The summed E-state index contributed by atoms with van der Waals surface area (Å²) in [5.41, 5.74) is 1.74. The van der Waals surface area contributed by atoms with Gasteiger partial charge in [-0.25, -0.2) is 4.39 Å². The van der Waals surface area contributed by atoms with Gasteiger partial charge in [-0.3, -0.25) is 9.59 Å². The lowest BCUT2D eigenvalue weighted by atomic mass is 10.1. The fraction of sp³-hybridized carbons (Fsp3) is 0.417. The van der Waals surface area contributed by atoms with Crippen molar-refractivity contribution >= 4 is 35.2 Å². The maximum Gasteiger partial charge on any atom is 0.243 e. The minimum atomic E-state index is -0.579. The van der Waals surface area contributed by atoms with E-state index >= 15 is 0 Å². The molecule has 168 valence electrons. The molecular weight excluding hydrogens is 435 g/mol. The molecule has 2 atom stereocenters. The van der Waals surface area contributed by atoms with Gasteiger partial charge in [0.1, 0.15) is 11.9 Å². The molecule has 1 N–H and O–H groups in total. The summed E-state index contributed by atoms with van der Waals surface area (Å²) in [5.74, 6) is 0.240. The first-order valence-corrected chi connectivity index (χ1v) is 12.0. The lowest BCUT2D eigenvalue weighted by Crippen LogP contribution is -2.51. The van der Waals surface area contributed by atoms with Crippen molar-refractivity contribution in [3.05, 3.63) is 70.5 Å². The zero-order chi connectivity index (χ0) is 22.8. The van der Waals surface area contributed by atoms with Crippen molar-refractivity contribution in [3.8, 4) is 0 Å². The van der Waals surface area contributed by atoms with Gasteiger partial charge in [-0.15, -0.1) is 11.8 Å². The van der Waals surface area contributed by atoms with Crippen molar-refractivity contribution in [2.24, 2.45) is 0 Å². The number of hydrogen-bond donors (Lipinski definition) is 1. The molecule has 0 fully saturated rings. The average molecular weight is 465 g/mol. The minimum absolute atomic E-state index is 0.0340. The predicted octanol–water partition coefficient (Wildman–Crippen LogP) is 5.43. The van der Waals surface area contributed by atoms with Gasteiger partial charge in [0.15, 0.2) is 0 Å². The van der Waals surface area contributed by atoms with E-state index in [1.807, 2.05) is 39.0 Å². The second kappa shape index (κ2) is 12.7. The van der Waals surface area contributed by atoms with Crippen LogP contribution >= 0.6 is 23.4 Å². The van der Waals surface area contributed by atoms with E-state index in [1.165, 1.54) is 23.9 Å². The summed E-state index contributed by atoms with van der Waals surface area (Å²) in [6.07, 6.45) is 1.31. The second-order valence-electron chi connectivity index (χ2n) is 7.47. The van der Waals surface area contributed by atoms with Gasteiger partial charge in [0, 0.05) is 23.4 Å². The molecule has 0 heterocycles. The Morgan fingerprint density at radius 1 is 1.10 bits per heavy atom. The smallest absolute Gasteiger partial charge is 0.243 e. The number of hydrogen-bond acceptors (Lipinski definition) is 3. The molecule has 2 aromatic carbocycles. The van der Waals surface area contributed by atoms with Gasteiger partial charge < -0.3 is 10.2 Å². The number of carbonyl (C=O) groups excluding carboxylic acids is 2. The van der Waals surface area contributed by atoms with Crippen LogP contribution in [0.4, 0.5) is 4.39 Å². The molecule has 2 amide bonds. The number of thioether (sulfide) groups is 1. The first-order valence-electron chi connectivity index (χ1n) is 10.5. The molecule has 7 heteroatoms. The number of benzene rings is 2. The van der Waals surface area contributed by atoms with E-state index in [1.54, 1.807) is 23.1 Å². The fourth-order valence-corrected chi connectivity index (χ4v) is 4.16. The Hall–Kier alpha value is -2.05. The molecule has 0 aliphatic rings. The third-order valence-electron chi connectivity index (χ3n) is 5.09. The van der Waals surface area contributed by atoms with E-state index in [0.717, 1.165) is 17.5 Å². The Labute approximate surface area is 193 Å². The standard InChI is InChI=1S/C24H30ClFN2O2S/c1-4-17(3)27-24(30)22(5-2)28(14-19-8-6-7-9-21(19)25)23(29)16-31-15-18-10-12-20(26)13-11-18/h6-13,17,22H,4-5,14-16H2,1-3H3,(H,27,30)/t17-,22+/m1/s1. The number of nitrogens with zero attached hydrogens (tertiary/aromatic N) is 1. The summed E-state index contributed by atoms with van der Waals surface area (Å²) in [7, 11) is 0.